The lowest BCUT2D eigenvalue weighted by Crippen LogP contribution is -2.43. The van der Waals surface area contributed by atoms with Gasteiger partial charge in [-0.15, -0.1) is 0 Å². The van der Waals surface area contributed by atoms with E-state index in [9.17, 15) is 22.8 Å². The molecule has 0 bridgehead atoms. The minimum atomic E-state index is -4.87. The van der Waals surface area contributed by atoms with E-state index in [-0.39, 0.29) is 12.5 Å². The third-order valence-electron chi connectivity index (χ3n) is 5.32. The zero-order valence-electron chi connectivity index (χ0n) is 15.0. The van der Waals surface area contributed by atoms with E-state index >= 15 is 0 Å². The van der Waals surface area contributed by atoms with Gasteiger partial charge in [-0.25, -0.2) is 0 Å². The molecule has 0 spiro atoms. The second kappa shape index (κ2) is 7.88. The van der Waals surface area contributed by atoms with Gasteiger partial charge in [-0.3, -0.25) is 9.59 Å². The van der Waals surface area contributed by atoms with Crippen molar-refractivity contribution in [1.29, 1.82) is 0 Å². The molecule has 1 fully saturated rings. The number of nitrogens with zero attached hydrogens (tertiary/aromatic N) is 2. The van der Waals surface area contributed by atoms with E-state index in [1.54, 1.807) is 12.1 Å². The Morgan fingerprint density at radius 1 is 1.19 bits per heavy atom. The van der Waals surface area contributed by atoms with Crippen molar-refractivity contribution in [3.63, 3.8) is 0 Å². The molecule has 2 aliphatic heterocycles. The Morgan fingerprint density at radius 2 is 1.96 bits per heavy atom. The molecule has 1 atom stereocenters. The van der Waals surface area contributed by atoms with Gasteiger partial charge in [0.15, 0.2) is 0 Å². The van der Waals surface area contributed by atoms with Crippen molar-refractivity contribution >= 4 is 17.6 Å². The standard InChI is InChI=1S/C19H23F3N2O3/c20-19(21,22)18(27)24-9-2-3-14-11-13(5-6-16(14)24)7-10-23-8-1-4-15(12-23)17(25)26/h5-6,11,15H,1-4,7-10,12H2,(H,25,26). The van der Waals surface area contributed by atoms with Crippen molar-refractivity contribution in [2.45, 2.75) is 38.3 Å². The number of hydrogen-bond acceptors (Lipinski definition) is 3. The molecule has 148 valence electrons. The van der Waals surface area contributed by atoms with Gasteiger partial charge < -0.3 is 14.9 Å². The van der Waals surface area contributed by atoms with Crippen LogP contribution in [0.3, 0.4) is 0 Å². The van der Waals surface area contributed by atoms with Crippen molar-refractivity contribution in [1.82, 2.24) is 4.90 Å². The summed E-state index contributed by atoms with van der Waals surface area (Å²) in [5, 5.41) is 9.16. The smallest absolute Gasteiger partial charge is 0.471 e. The monoisotopic (exact) mass is 384 g/mol. The first kappa shape index (κ1) is 19.7. The van der Waals surface area contributed by atoms with Crippen molar-refractivity contribution in [3.05, 3.63) is 29.3 Å². The summed E-state index contributed by atoms with van der Waals surface area (Å²) in [6, 6.07) is 5.24. The van der Waals surface area contributed by atoms with E-state index in [1.165, 1.54) is 0 Å². The number of halogens is 3. The number of aliphatic carboxylic acids is 1. The number of carbonyl (C=O) groups excluding carboxylic acids is 1. The van der Waals surface area contributed by atoms with Gasteiger partial charge in [0, 0.05) is 25.3 Å². The second-order valence-corrected chi connectivity index (χ2v) is 7.25. The van der Waals surface area contributed by atoms with Crippen LogP contribution in [-0.4, -0.2) is 54.2 Å². The van der Waals surface area contributed by atoms with E-state index in [0.29, 0.717) is 44.5 Å². The molecule has 0 radical (unpaired) electrons. The molecule has 1 aromatic carbocycles. The highest BCUT2D eigenvalue weighted by Crippen LogP contribution is 2.32. The third kappa shape index (κ3) is 4.61. The summed E-state index contributed by atoms with van der Waals surface area (Å²) in [6.45, 7) is 2.19. The number of likely N-dealkylation sites (tertiary alicyclic amines) is 1. The lowest BCUT2D eigenvalue weighted by molar-refractivity contribution is -0.170. The van der Waals surface area contributed by atoms with Crippen molar-refractivity contribution in [2.75, 3.05) is 31.1 Å². The van der Waals surface area contributed by atoms with Crippen LogP contribution in [0.25, 0.3) is 0 Å². The molecule has 1 aromatic rings. The topological polar surface area (TPSA) is 60.9 Å². The van der Waals surface area contributed by atoms with Crippen molar-refractivity contribution < 1.29 is 27.9 Å². The highest BCUT2D eigenvalue weighted by atomic mass is 19.4. The van der Waals surface area contributed by atoms with E-state index < -0.39 is 18.1 Å². The van der Waals surface area contributed by atoms with E-state index in [0.717, 1.165) is 29.0 Å². The SMILES string of the molecule is O=C(O)C1CCCN(CCc2ccc3c(c2)CCCN3C(=O)C(F)(F)F)C1. The fraction of sp³-hybridized carbons (Fsp3) is 0.579. The average Bonchev–Trinajstić information content (AvgIpc) is 2.64. The number of anilines is 1. The molecule has 0 aromatic heterocycles. The van der Waals surface area contributed by atoms with Crippen LogP contribution in [0.1, 0.15) is 30.4 Å². The molecule has 5 nitrogen and oxygen atoms in total. The van der Waals surface area contributed by atoms with E-state index in [1.807, 2.05) is 6.07 Å². The normalized spacial score (nSPS) is 21.0. The fourth-order valence-corrected chi connectivity index (χ4v) is 3.92. The number of carboxylic acid groups (broad SMARTS) is 1. The zero-order chi connectivity index (χ0) is 19.6. The minimum absolute atomic E-state index is 0.0784. The van der Waals surface area contributed by atoms with Crippen LogP contribution in [0.15, 0.2) is 18.2 Å². The summed E-state index contributed by atoms with van der Waals surface area (Å²) in [6.07, 6.45) is -1.46. The summed E-state index contributed by atoms with van der Waals surface area (Å²) in [5.74, 6) is -2.91. The van der Waals surface area contributed by atoms with Crippen molar-refractivity contribution in [2.24, 2.45) is 5.92 Å². The molecule has 27 heavy (non-hydrogen) atoms. The minimum Gasteiger partial charge on any atom is -0.481 e. The molecule has 1 amide bonds. The van der Waals surface area contributed by atoms with E-state index in [4.69, 9.17) is 5.11 Å². The van der Waals surface area contributed by atoms with Crippen LogP contribution in [0.5, 0.6) is 0 Å². The molecular formula is C19H23F3N2O3. The molecular weight excluding hydrogens is 361 g/mol. The lowest BCUT2D eigenvalue weighted by Gasteiger charge is -2.31. The first-order chi connectivity index (χ1) is 12.8. The molecule has 1 unspecified atom stereocenters. The van der Waals surface area contributed by atoms with Crippen LogP contribution < -0.4 is 4.90 Å². The maximum Gasteiger partial charge on any atom is 0.471 e. The van der Waals surface area contributed by atoms with E-state index in [2.05, 4.69) is 4.90 Å². The van der Waals surface area contributed by atoms with Gasteiger partial charge in [0.2, 0.25) is 0 Å². The Labute approximate surface area is 155 Å². The number of carbonyl (C=O) groups is 2. The van der Waals surface area contributed by atoms with Crippen LogP contribution in [0.4, 0.5) is 18.9 Å². The molecule has 2 aliphatic rings. The number of aryl methyl sites for hydroxylation is 1. The molecule has 2 heterocycles. The predicted octanol–water partition coefficient (Wildman–Crippen LogP) is 2.87. The first-order valence-electron chi connectivity index (χ1n) is 9.21. The van der Waals surface area contributed by atoms with Crippen molar-refractivity contribution in [3.8, 4) is 0 Å². The number of fused-ring (bicyclic) bond motifs is 1. The summed E-state index contributed by atoms with van der Waals surface area (Å²) < 4.78 is 38.4. The summed E-state index contributed by atoms with van der Waals surface area (Å²) in [7, 11) is 0. The van der Waals surface area contributed by atoms with Gasteiger partial charge in [0.05, 0.1) is 5.92 Å². The Bertz CT molecular complexity index is 721. The van der Waals surface area contributed by atoms with Crippen LogP contribution in [0.2, 0.25) is 0 Å². The Kier molecular flexibility index (Phi) is 5.74. The highest BCUT2D eigenvalue weighted by molar-refractivity contribution is 5.98. The van der Waals surface area contributed by atoms with Gasteiger partial charge in [0.25, 0.3) is 0 Å². The van der Waals surface area contributed by atoms with Gasteiger partial charge in [-0.1, -0.05) is 12.1 Å². The fourth-order valence-electron chi connectivity index (χ4n) is 3.92. The number of carboxylic acids is 1. The summed E-state index contributed by atoms with van der Waals surface area (Å²) >= 11 is 0. The van der Waals surface area contributed by atoms with Gasteiger partial charge in [-0.2, -0.15) is 13.2 Å². The highest BCUT2D eigenvalue weighted by Gasteiger charge is 2.44. The summed E-state index contributed by atoms with van der Waals surface area (Å²) in [5.41, 5.74) is 2.10. The van der Waals surface area contributed by atoms with Gasteiger partial charge >= 0.3 is 18.1 Å². The number of alkyl halides is 3. The average molecular weight is 384 g/mol. The molecule has 0 saturated carbocycles. The van der Waals surface area contributed by atoms with Gasteiger partial charge in [0.1, 0.15) is 0 Å². The van der Waals surface area contributed by atoms with Crippen LogP contribution in [-0.2, 0) is 22.4 Å². The molecule has 8 heteroatoms. The molecule has 0 aliphatic carbocycles. The maximum atomic E-state index is 12.8. The molecule has 1 N–H and O–H groups in total. The number of piperidine rings is 1. The predicted molar refractivity (Wildman–Crippen MR) is 93.7 cm³/mol. The Morgan fingerprint density at radius 3 is 2.67 bits per heavy atom. The third-order valence-corrected chi connectivity index (χ3v) is 5.32. The van der Waals surface area contributed by atoms with Crippen LogP contribution in [0, 0.1) is 5.92 Å². The number of amides is 1. The second-order valence-electron chi connectivity index (χ2n) is 7.25. The zero-order valence-corrected chi connectivity index (χ0v) is 15.0. The maximum absolute atomic E-state index is 12.8. The number of rotatable bonds is 4. The van der Waals surface area contributed by atoms with Gasteiger partial charge in [-0.05, 0) is 55.8 Å². The Hall–Kier alpha value is -2.09. The molecule has 1 saturated heterocycles. The first-order valence-corrected chi connectivity index (χ1v) is 9.21. The summed E-state index contributed by atoms with van der Waals surface area (Å²) in [4.78, 5) is 25.7. The number of hydrogen-bond donors (Lipinski definition) is 1. The van der Waals surface area contributed by atoms with Crippen LogP contribution >= 0.6 is 0 Å². The Balaban J connectivity index is 1.66. The number of benzene rings is 1. The lowest BCUT2D eigenvalue weighted by atomic mass is 9.96. The largest absolute Gasteiger partial charge is 0.481 e. The molecule has 3 rings (SSSR count). The quantitative estimate of drug-likeness (QED) is 0.867.